The first-order valence-electron chi connectivity index (χ1n) is 13.8. The van der Waals surface area contributed by atoms with E-state index in [1.54, 1.807) is 6.20 Å². The molecule has 1 aromatic heterocycles. The van der Waals surface area contributed by atoms with Gasteiger partial charge in [0.2, 0.25) is 17.7 Å². The number of aliphatic hydroxyl groups excluding tert-OH is 1. The summed E-state index contributed by atoms with van der Waals surface area (Å²) >= 11 is 0. The van der Waals surface area contributed by atoms with E-state index in [1.165, 1.54) is 6.92 Å². The van der Waals surface area contributed by atoms with Crippen molar-refractivity contribution < 1.29 is 29.4 Å². The molecule has 0 radical (unpaired) electrons. The van der Waals surface area contributed by atoms with Gasteiger partial charge in [0.05, 0.1) is 12.1 Å². The monoisotopic (exact) mass is 589 g/mol. The predicted molar refractivity (Wildman–Crippen MR) is 158 cm³/mol. The van der Waals surface area contributed by atoms with E-state index in [9.17, 15) is 29.4 Å². The second-order valence-electron chi connectivity index (χ2n) is 10.1. The van der Waals surface area contributed by atoms with Gasteiger partial charge in [-0.05, 0) is 57.2 Å². The number of amides is 3. The van der Waals surface area contributed by atoms with E-state index in [0.29, 0.717) is 25.8 Å². The molecule has 14 N–H and O–H groups in total. The first-order valence-corrected chi connectivity index (χ1v) is 13.8. The Hall–Kier alpha value is -4.21. The van der Waals surface area contributed by atoms with Crippen LogP contribution in [0.25, 0.3) is 10.9 Å². The summed E-state index contributed by atoms with van der Waals surface area (Å²) in [4.78, 5) is 58.1. The standard InChI is InChI=1S/C27H43N9O6/c1-15(37)22(25(40)34-20(26(41)42)10-4-5-11-28)36-24(39)21(13-16-14-33-19-9-3-2-7-17(16)19)35-23(38)18(29)8-6-12-32-27(30)31/h2-3,7,9,14-15,18,20-22,33,37H,4-6,8,10-13,28-29H2,1H3,(H,34,40)(H,35,38)(H,36,39)(H,41,42)(H4,30,31,32). The maximum atomic E-state index is 13.5. The average Bonchev–Trinajstić information content (AvgIpc) is 3.35. The molecule has 0 spiro atoms. The minimum absolute atomic E-state index is 0.0350. The molecule has 5 unspecified atom stereocenters. The molecular weight excluding hydrogens is 546 g/mol. The Kier molecular flexibility index (Phi) is 13.7. The summed E-state index contributed by atoms with van der Waals surface area (Å²) in [6, 6.07) is 2.51. The predicted octanol–water partition coefficient (Wildman–Crippen LogP) is -1.86. The van der Waals surface area contributed by atoms with Crippen LogP contribution >= 0.6 is 0 Å². The van der Waals surface area contributed by atoms with Crippen molar-refractivity contribution in [3.8, 4) is 0 Å². The van der Waals surface area contributed by atoms with Crippen molar-refractivity contribution in [1.82, 2.24) is 20.9 Å². The van der Waals surface area contributed by atoms with Crippen molar-refractivity contribution in [2.45, 2.75) is 75.7 Å². The van der Waals surface area contributed by atoms with E-state index < -0.39 is 54.0 Å². The fourth-order valence-corrected chi connectivity index (χ4v) is 4.33. The molecule has 15 nitrogen and oxygen atoms in total. The molecule has 2 rings (SSSR count). The van der Waals surface area contributed by atoms with Crippen LogP contribution in [0.5, 0.6) is 0 Å². The van der Waals surface area contributed by atoms with Crippen LogP contribution in [-0.4, -0.2) is 88.2 Å². The van der Waals surface area contributed by atoms with Crippen LogP contribution in [0, 0.1) is 0 Å². The molecule has 42 heavy (non-hydrogen) atoms. The van der Waals surface area contributed by atoms with Crippen molar-refractivity contribution in [2.75, 3.05) is 13.1 Å². The lowest BCUT2D eigenvalue weighted by molar-refractivity contribution is -0.143. The number of nitrogens with two attached hydrogens (primary N) is 4. The number of fused-ring (bicyclic) bond motifs is 1. The molecule has 0 aliphatic rings. The van der Waals surface area contributed by atoms with Crippen molar-refractivity contribution in [1.29, 1.82) is 0 Å². The summed E-state index contributed by atoms with van der Waals surface area (Å²) in [5.74, 6) is -3.59. The number of hydrogen-bond acceptors (Lipinski definition) is 8. The molecule has 0 fully saturated rings. The molecule has 15 heteroatoms. The number of aromatic nitrogens is 1. The van der Waals surface area contributed by atoms with E-state index in [0.717, 1.165) is 16.5 Å². The zero-order valence-corrected chi connectivity index (χ0v) is 23.7. The molecule has 0 bridgehead atoms. The van der Waals surface area contributed by atoms with Gasteiger partial charge in [-0.2, -0.15) is 0 Å². The topological polar surface area (TPSA) is 277 Å². The quantitative estimate of drug-likeness (QED) is 0.0526. The molecule has 1 aromatic carbocycles. The number of carboxylic acids is 1. The highest BCUT2D eigenvalue weighted by molar-refractivity contribution is 5.95. The molecule has 0 saturated carbocycles. The summed E-state index contributed by atoms with van der Waals surface area (Å²) in [7, 11) is 0. The van der Waals surface area contributed by atoms with Gasteiger partial charge in [0.15, 0.2) is 5.96 Å². The number of aliphatic imine (C=N–C) groups is 1. The van der Waals surface area contributed by atoms with E-state index in [-0.39, 0.29) is 31.8 Å². The van der Waals surface area contributed by atoms with Crippen LogP contribution in [-0.2, 0) is 25.6 Å². The number of hydrogen-bond donors (Lipinski definition) is 10. The first-order chi connectivity index (χ1) is 19.9. The second kappa shape index (κ2) is 16.9. The molecular formula is C27H43N9O6. The minimum atomic E-state index is -1.50. The van der Waals surface area contributed by atoms with Crippen LogP contribution in [0.2, 0.25) is 0 Å². The van der Waals surface area contributed by atoms with E-state index >= 15 is 0 Å². The summed E-state index contributed by atoms with van der Waals surface area (Å²) in [6.45, 7) is 1.93. The molecule has 5 atom stereocenters. The van der Waals surface area contributed by atoms with Gasteiger partial charge in [-0.15, -0.1) is 0 Å². The molecule has 1 heterocycles. The van der Waals surface area contributed by atoms with Gasteiger partial charge >= 0.3 is 5.97 Å². The lowest BCUT2D eigenvalue weighted by atomic mass is 10.0. The summed E-state index contributed by atoms with van der Waals surface area (Å²) in [5, 5.41) is 28.2. The van der Waals surface area contributed by atoms with Gasteiger partial charge in [-0.1, -0.05) is 18.2 Å². The van der Waals surface area contributed by atoms with E-state index in [2.05, 4.69) is 25.9 Å². The number of benzene rings is 1. The highest BCUT2D eigenvalue weighted by atomic mass is 16.4. The fourth-order valence-electron chi connectivity index (χ4n) is 4.33. The number of aromatic amines is 1. The number of aliphatic carboxylic acids is 1. The van der Waals surface area contributed by atoms with Gasteiger partial charge < -0.3 is 54.1 Å². The number of guanidine groups is 1. The maximum absolute atomic E-state index is 13.5. The molecule has 3 amide bonds. The smallest absolute Gasteiger partial charge is 0.326 e. The molecule has 232 valence electrons. The zero-order valence-electron chi connectivity index (χ0n) is 23.7. The second-order valence-corrected chi connectivity index (χ2v) is 10.1. The van der Waals surface area contributed by atoms with Gasteiger partial charge in [-0.3, -0.25) is 19.4 Å². The highest BCUT2D eigenvalue weighted by Crippen LogP contribution is 2.19. The Labute approximate surface area is 243 Å². The number of rotatable bonds is 18. The lowest BCUT2D eigenvalue weighted by Gasteiger charge is -2.26. The van der Waals surface area contributed by atoms with Crippen LogP contribution in [0.3, 0.4) is 0 Å². The highest BCUT2D eigenvalue weighted by Gasteiger charge is 2.33. The van der Waals surface area contributed by atoms with Crippen LogP contribution < -0.4 is 38.9 Å². The summed E-state index contributed by atoms with van der Waals surface area (Å²) in [5.41, 5.74) is 23.7. The number of carboxylic acid groups (broad SMARTS) is 1. The van der Waals surface area contributed by atoms with Gasteiger partial charge in [0, 0.05) is 30.1 Å². The number of nitrogens with zero attached hydrogens (tertiary/aromatic N) is 1. The normalized spacial score (nSPS) is 14.7. The number of H-pyrrole nitrogens is 1. The van der Waals surface area contributed by atoms with E-state index in [4.69, 9.17) is 22.9 Å². The molecule has 2 aromatic rings. The van der Waals surface area contributed by atoms with Crippen molar-refractivity contribution in [3.05, 3.63) is 36.0 Å². The van der Waals surface area contributed by atoms with Crippen molar-refractivity contribution in [2.24, 2.45) is 27.9 Å². The number of aliphatic hydroxyl groups is 1. The van der Waals surface area contributed by atoms with Gasteiger partial charge in [0.1, 0.15) is 18.1 Å². The SMILES string of the molecule is CC(O)C(NC(=O)C(Cc1c[nH]c2ccccc12)NC(=O)C(N)CCCN=C(N)N)C(=O)NC(CCCCN)C(=O)O. The number of carbonyl (C=O) groups is 4. The third-order valence-electron chi connectivity index (χ3n) is 6.66. The van der Waals surface area contributed by atoms with Crippen molar-refractivity contribution in [3.63, 3.8) is 0 Å². The molecule has 0 aliphatic heterocycles. The van der Waals surface area contributed by atoms with Gasteiger partial charge in [0.25, 0.3) is 0 Å². The third kappa shape index (κ3) is 10.6. The fraction of sp³-hybridized carbons (Fsp3) is 0.519. The van der Waals surface area contributed by atoms with E-state index in [1.807, 2.05) is 24.3 Å². The Balaban J connectivity index is 2.22. The molecule has 0 aliphatic carbocycles. The number of nitrogens with one attached hydrogen (secondary N) is 4. The minimum Gasteiger partial charge on any atom is -0.480 e. The van der Waals surface area contributed by atoms with Crippen molar-refractivity contribution >= 4 is 40.6 Å². The summed E-state index contributed by atoms with van der Waals surface area (Å²) in [6.07, 6.45) is 2.19. The maximum Gasteiger partial charge on any atom is 0.326 e. The Morgan fingerprint density at radius 2 is 1.64 bits per heavy atom. The summed E-state index contributed by atoms with van der Waals surface area (Å²) < 4.78 is 0. The Morgan fingerprint density at radius 1 is 0.952 bits per heavy atom. The number of para-hydroxylation sites is 1. The Morgan fingerprint density at radius 3 is 2.29 bits per heavy atom. The third-order valence-corrected chi connectivity index (χ3v) is 6.66. The van der Waals surface area contributed by atoms with Gasteiger partial charge in [-0.25, -0.2) is 4.79 Å². The lowest BCUT2D eigenvalue weighted by Crippen LogP contribution is -2.60. The average molecular weight is 590 g/mol. The molecule has 0 saturated heterocycles. The first kappa shape index (κ1) is 34.0. The number of carbonyl (C=O) groups excluding carboxylic acids is 3. The van der Waals surface area contributed by atoms with Crippen LogP contribution in [0.15, 0.2) is 35.5 Å². The number of unbranched alkanes of at least 4 members (excludes halogenated alkanes) is 1. The zero-order chi connectivity index (χ0) is 31.2. The largest absolute Gasteiger partial charge is 0.480 e. The van der Waals surface area contributed by atoms with Crippen LogP contribution in [0.1, 0.15) is 44.6 Å². The van der Waals surface area contributed by atoms with Crippen LogP contribution in [0.4, 0.5) is 0 Å². The Bertz CT molecular complexity index is 1230.